The van der Waals surface area contributed by atoms with Gasteiger partial charge in [-0.1, -0.05) is 59.8 Å². The second-order valence-corrected chi connectivity index (χ2v) is 5.67. The fourth-order valence-corrected chi connectivity index (χ4v) is 2.67. The van der Waals surface area contributed by atoms with Crippen LogP contribution in [0.5, 0.6) is 0 Å². The monoisotopic (exact) mass is 334 g/mol. The van der Waals surface area contributed by atoms with Crippen LogP contribution in [0.25, 0.3) is 22.4 Å². The third-order valence-electron chi connectivity index (χ3n) is 4.04. The van der Waals surface area contributed by atoms with Gasteiger partial charge in [0.1, 0.15) is 5.52 Å². The van der Waals surface area contributed by atoms with Crippen LogP contribution < -0.4 is 0 Å². The molecule has 0 saturated carbocycles. The van der Waals surface area contributed by atoms with Crippen LogP contribution in [0.3, 0.4) is 0 Å². The molecule has 0 amide bonds. The third-order valence-corrected chi connectivity index (χ3v) is 4.04. The number of nitrogens with zero attached hydrogens (tertiary/aromatic N) is 4. The van der Waals surface area contributed by atoms with Crippen molar-refractivity contribution in [3.05, 3.63) is 77.9 Å². The van der Waals surface area contributed by atoms with Crippen LogP contribution in [0, 0.1) is 0 Å². The summed E-state index contributed by atoms with van der Waals surface area (Å²) in [5, 5.41) is 17.1. The molecule has 1 N–H and O–H groups in total. The van der Waals surface area contributed by atoms with Gasteiger partial charge in [-0.3, -0.25) is 0 Å². The summed E-state index contributed by atoms with van der Waals surface area (Å²) in [4.78, 5) is 4.54. The van der Waals surface area contributed by atoms with Gasteiger partial charge in [-0.15, -0.1) is 5.10 Å². The number of fused-ring (bicyclic) bond motifs is 1. The molecule has 0 bridgehead atoms. The van der Waals surface area contributed by atoms with Gasteiger partial charge in [0.2, 0.25) is 6.30 Å². The van der Waals surface area contributed by atoms with E-state index in [0.29, 0.717) is 22.4 Å². The van der Waals surface area contributed by atoms with E-state index in [0.717, 1.165) is 11.1 Å². The Labute approximate surface area is 143 Å². The zero-order chi connectivity index (χ0) is 17.2. The smallest absolute Gasteiger partial charge is 0.221 e. The molecule has 5 nitrogen and oxygen atoms in total. The molecule has 124 valence electrons. The van der Waals surface area contributed by atoms with Crippen molar-refractivity contribution >= 4 is 11.2 Å². The fourth-order valence-electron chi connectivity index (χ4n) is 2.67. The van der Waals surface area contributed by atoms with E-state index in [1.165, 1.54) is 4.68 Å². The van der Waals surface area contributed by atoms with Gasteiger partial charge in [0.25, 0.3) is 0 Å². The first-order chi connectivity index (χ1) is 12.3. The predicted octanol–water partition coefficient (Wildman–Crippen LogP) is 3.50. The van der Waals surface area contributed by atoms with Crippen LogP contribution in [0.2, 0.25) is 0 Å². The zero-order valence-corrected chi connectivity index (χ0v) is 13.2. The Morgan fingerprint density at radius 2 is 1.72 bits per heavy atom. The second-order valence-electron chi connectivity index (χ2n) is 5.67. The number of pyridine rings is 1. The predicted molar refractivity (Wildman–Crippen MR) is 92.4 cm³/mol. The van der Waals surface area contributed by atoms with E-state index in [4.69, 9.17) is 5.11 Å². The minimum absolute atomic E-state index is 0.00988. The largest absolute Gasteiger partial charge is 0.392 e. The van der Waals surface area contributed by atoms with E-state index in [-0.39, 0.29) is 6.61 Å². The first kappa shape index (κ1) is 15.4. The highest BCUT2D eigenvalue weighted by molar-refractivity contribution is 5.75. The summed E-state index contributed by atoms with van der Waals surface area (Å²) in [6.07, 6.45) is -1.45. The van der Waals surface area contributed by atoms with Gasteiger partial charge in [-0.2, -0.15) is 4.68 Å². The molecule has 4 aromatic rings. The maximum atomic E-state index is 14.9. The first-order valence-corrected chi connectivity index (χ1v) is 7.87. The Kier molecular flexibility index (Phi) is 3.95. The maximum Gasteiger partial charge on any atom is 0.221 e. The summed E-state index contributed by atoms with van der Waals surface area (Å²) >= 11 is 0. The minimum Gasteiger partial charge on any atom is -0.392 e. The molecule has 2 aromatic carbocycles. The number of alkyl halides is 1. The third kappa shape index (κ3) is 2.88. The molecule has 0 aliphatic heterocycles. The van der Waals surface area contributed by atoms with Gasteiger partial charge in [0.05, 0.1) is 12.3 Å². The van der Waals surface area contributed by atoms with E-state index in [1.54, 1.807) is 30.3 Å². The number of hydrogen-bond donors (Lipinski definition) is 1. The molecule has 0 aliphatic rings. The molecule has 2 heterocycles. The van der Waals surface area contributed by atoms with E-state index in [2.05, 4.69) is 15.3 Å². The lowest BCUT2D eigenvalue weighted by Crippen LogP contribution is -2.08. The quantitative estimate of drug-likeness (QED) is 0.620. The van der Waals surface area contributed by atoms with Crippen molar-refractivity contribution in [3.8, 4) is 11.3 Å². The van der Waals surface area contributed by atoms with Crippen molar-refractivity contribution in [1.82, 2.24) is 20.0 Å². The van der Waals surface area contributed by atoms with E-state index in [9.17, 15) is 4.39 Å². The Morgan fingerprint density at radius 3 is 2.44 bits per heavy atom. The highest BCUT2D eigenvalue weighted by Gasteiger charge is 2.18. The lowest BCUT2D eigenvalue weighted by molar-refractivity contribution is 0.273. The summed E-state index contributed by atoms with van der Waals surface area (Å²) in [5.41, 5.74) is 3.82. The van der Waals surface area contributed by atoms with Crippen molar-refractivity contribution in [2.75, 3.05) is 0 Å². The van der Waals surface area contributed by atoms with Crippen molar-refractivity contribution in [1.29, 1.82) is 0 Å². The Hall–Kier alpha value is -3.12. The second kappa shape index (κ2) is 6.41. The van der Waals surface area contributed by atoms with Crippen LogP contribution in [-0.2, 0) is 6.61 Å². The van der Waals surface area contributed by atoms with Gasteiger partial charge in [0, 0.05) is 11.1 Å². The summed E-state index contributed by atoms with van der Waals surface area (Å²) in [5.74, 6) is 0. The molecule has 2 aromatic heterocycles. The Morgan fingerprint density at radius 1 is 0.960 bits per heavy atom. The first-order valence-electron chi connectivity index (χ1n) is 7.87. The summed E-state index contributed by atoms with van der Waals surface area (Å²) in [6, 6.07) is 19.8. The Bertz CT molecular complexity index is 999. The van der Waals surface area contributed by atoms with Crippen molar-refractivity contribution in [3.63, 3.8) is 0 Å². The van der Waals surface area contributed by atoms with Crippen LogP contribution in [0.15, 0.2) is 66.7 Å². The van der Waals surface area contributed by atoms with E-state index >= 15 is 0 Å². The SMILES string of the molecule is OCc1ccc(-c2ccc3nnn(C(F)c4ccccc4)c3n2)cc1. The molecule has 4 rings (SSSR count). The molecule has 0 aliphatic carbocycles. The number of hydrogen-bond acceptors (Lipinski definition) is 4. The molecular weight excluding hydrogens is 319 g/mol. The fraction of sp³-hybridized carbons (Fsp3) is 0.105. The molecule has 25 heavy (non-hydrogen) atoms. The van der Waals surface area contributed by atoms with Crippen LogP contribution in [0.1, 0.15) is 17.4 Å². The number of aliphatic hydroxyl groups excluding tert-OH is 1. The Balaban J connectivity index is 1.77. The summed E-state index contributed by atoms with van der Waals surface area (Å²) < 4.78 is 16.0. The van der Waals surface area contributed by atoms with Gasteiger partial charge in [-0.05, 0) is 17.7 Å². The topological polar surface area (TPSA) is 63.8 Å². The average Bonchev–Trinajstić information content (AvgIpc) is 3.11. The summed E-state index contributed by atoms with van der Waals surface area (Å²) in [7, 11) is 0. The molecule has 6 heteroatoms. The van der Waals surface area contributed by atoms with Gasteiger partial charge in [0.15, 0.2) is 5.65 Å². The van der Waals surface area contributed by atoms with Gasteiger partial charge < -0.3 is 5.11 Å². The molecule has 0 saturated heterocycles. The van der Waals surface area contributed by atoms with E-state index < -0.39 is 6.30 Å². The molecule has 0 spiro atoms. The average molecular weight is 334 g/mol. The highest BCUT2D eigenvalue weighted by Crippen LogP contribution is 2.25. The maximum absolute atomic E-state index is 14.9. The number of benzene rings is 2. The van der Waals surface area contributed by atoms with E-state index in [1.807, 2.05) is 36.4 Å². The molecule has 0 radical (unpaired) electrons. The van der Waals surface area contributed by atoms with Crippen LogP contribution >= 0.6 is 0 Å². The minimum atomic E-state index is -1.45. The number of aromatic nitrogens is 4. The lowest BCUT2D eigenvalue weighted by Gasteiger charge is -2.09. The van der Waals surface area contributed by atoms with Gasteiger partial charge in [-0.25, -0.2) is 9.37 Å². The lowest BCUT2D eigenvalue weighted by atomic mass is 10.1. The van der Waals surface area contributed by atoms with Crippen LogP contribution in [-0.4, -0.2) is 25.1 Å². The summed E-state index contributed by atoms with van der Waals surface area (Å²) in [6.45, 7) is -0.00988. The highest BCUT2D eigenvalue weighted by atomic mass is 19.1. The number of halogens is 1. The molecule has 0 fully saturated rings. The number of rotatable bonds is 4. The molecule has 1 atom stereocenters. The van der Waals surface area contributed by atoms with Crippen molar-refractivity contribution < 1.29 is 9.50 Å². The van der Waals surface area contributed by atoms with Crippen molar-refractivity contribution in [2.45, 2.75) is 12.9 Å². The molecular formula is C19H15FN4O. The number of aliphatic hydroxyl groups is 1. The zero-order valence-electron chi connectivity index (χ0n) is 13.2. The molecule has 1 unspecified atom stereocenters. The standard InChI is InChI=1S/C19H15FN4O/c20-18(15-4-2-1-3-5-15)24-19-17(22-23-24)11-10-16(21-19)14-8-6-13(12-25)7-9-14/h1-11,18,25H,12H2. The van der Waals surface area contributed by atoms with Gasteiger partial charge >= 0.3 is 0 Å². The normalized spacial score (nSPS) is 12.4. The van der Waals surface area contributed by atoms with Crippen LogP contribution in [0.4, 0.5) is 4.39 Å². The van der Waals surface area contributed by atoms with Crippen molar-refractivity contribution in [2.24, 2.45) is 0 Å².